The molecule has 0 aromatic heterocycles. The summed E-state index contributed by atoms with van der Waals surface area (Å²) in [5.41, 5.74) is 0.339. The van der Waals surface area contributed by atoms with Crippen LogP contribution in [0.2, 0.25) is 0 Å². The zero-order valence-electron chi connectivity index (χ0n) is 10.3. The summed E-state index contributed by atoms with van der Waals surface area (Å²) in [6.45, 7) is 11.1. The molecule has 2 aliphatic rings. The molecule has 0 aliphatic carbocycles. The monoisotopic (exact) mass is 212 g/mol. The van der Waals surface area contributed by atoms with E-state index >= 15 is 0 Å². The van der Waals surface area contributed by atoms with Crippen molar-refractivity contribution in [2.75, 3.05) is 26.2 Å². The Bertz CT molecular complexity index is 214. The molecule has 0 bridgehead atoms. The minimum atomic E-state index is 0.339. The Balaban J connectivity index is 1.91. The van der Waals surface area contributed by atoms with Crippen LogP contribution in [0, 0.1) is 0 Å². The molecule has 3 nitrogen and oxygen atoms in total. The molecule has 0 aromatic carbocycles. The van der Waals surface area contributed by atoms with Crippen LogP contribution in [0.15, 0.2) is 0 Å². The Kier molecular flexibility index (Phi) is 3.33. The van der Waals surface area contributed by atoms with Crippen molar-refractivity contribution in [2.24, 2.45) is 0 Å². The van der Waals surface area contributed by atoms with Gasteiger partial charge in [-0.15, -0.1) is 0 Å². The van der Waals surface area contributed by atoms with Gasteiger partial charge in [-0.25, -0.2) is 0 Å². The van der Waals surface area contributed by atoms with Gasteiger partial charge < -0.3 is 10.1 Å². The second kappa shape index (κ2) is 4.40. The fourth-order valence-corrected chi connectivity index (χ4v) is 2.73. The van der Waals surface area contributed by atoms with Crippen molar-refractivity contribution in [1.29, 1.82) is 0 Å². The normalized spacial score (nSPS) is 43.4. The van der Waals surface area contributed by atoms with Gasteiger partial charge in [0, 0.05) is 24.7 Å². The second-order valence-corrected chi connectivity index (χ2v) is 5.51. The maximum atomic E-state index is 5.66. The largest absolute Gasteiger partial charge is 0.376 e. The minimum Gasteiger partial charge on any atom is -0.376 e. The van der Waals surface area contributed by atoms with Crippen molar-refractivity contribution < 1.29 is 4.74 Å². The van der Waals surface area contributed by atoms with E-state index in [9.17, 15) is 0 Å². The van der Waals surface area contributed by atoms with Gasteiger partial charge in [0.15, 0.2) is 0 Å². The third kappa shape index (κ3) is 2.71. The lowest BCUT2D eigenvalue weighted by Gasteiger charge is -2.41. The van der Waals surface area contributed by atoms with Crippen LogP contribution in [0.1, 0.15) is 33.6 Å². The fraction of sp³-hybridized carbons (Fsp3) is 1.00. The molecule has 0 spiro atoms. The molecule has 2 saturated heterocycles. The Hall–Kier alpha value is -0.120. The summed E-state index contributed by atoms with van der Waals surface area (Å²) in [5.74, 6) is 0. The lowest BCUT2D eigenvalue weighted by Crippen LogP contribution is -2.55. The van der Waals surface area contributed by atoms with Crippen LogP contribution in [0.25, 0.3) is 0 Å². The van der Waals surface area contributed by atoms with Crippen LogP contribution in [0.5, 0.6) is 0 Å². The summed E-state index contributed by atoms with van der Waals surface area (Å²) in [5, 5.41) is 3.63. The molecule has 2 heterocycles. The van der Waals surface area contributed by atoms with Crippen molar-refractivity contribution in [1.82, 2.24) is 10.2 Å². The molecule has 2 aliphatic heterocycles. The summed E-state index contributed by atoms with van der Waals surface area (Å²) in [7, 11) is 0. The average molecular weight is 212 g/mol. The van der Waals surface area contributed by atoms with Crippen molar-refractivity contribution >= 4 is 0 Å². The van der Waals surface area contributed by atoms with Gasteiger partial charge in [-0.1, -0.05) is 0 Å². The van der Waals surface area contributed by atoms with Crippen LogP contribution in [-0.2, 0) is 4.74 Å². The summed E-state index contributed by atoms with van der Waals surface area (Å²) in [6, 6.07) is 0.570. The standard InChI is InChI=1S/C12H24N2O/c1-10-8-15-11(2)7-14(10)9-12(3)5-4-6-13-12/h10-11,13H,4-9H2,1-3H3. The lowest BCUT2D eigenvalue weighted by atomic mass is 9.98. The average Bonchev–Trinajstić information content (AvgIpc) is 2.59. The number of ether oxygens (including phenoxy) is 1. The summed E-state index contributed by atoms with van der Waals surface area (Å²) in [4.78, 5) is 2.58. The first-order valence-electron chi connectivity index (χ1n) is 6.20. The van der Waals surface area contributed by atoms with E-state index in [2.05, 4.69) is 31.0 Å². The SMILES string of the molecule is CC1CN(CC2(C)CCCN2)C(C)CO1. The molecular formula is C12H24N2O. The van der Waals surface area contributed by atoms with E-state index in [0.29, 0.717) is 17.7 Å². The fourth-order valence-electron chi connectivity index (χ4n) is 2.73. The van der Waals surface area contributed by atoms with E-state index in [1.54, 1.807) is 0 Å². The van der Waals surface area contributed by atoms with E-state index in [0.717, 1.165) is 13.2 Å². The predicted octanol–water partition coefficient (Wildman–Crippen LogP) is 1.24. The first-order valence-corrected chi connectivity index (χ1v) is 6.20. The molecule has 2 rings (SSSR count). The van der Waals surface area contributed by atoms with Gasteiger partial charge in [0.05, 0.1) is 12.7 Å². The summed E-state index contributed by atoms with van der Waals surface area (Å²) >= 11 is 0. The number of morpholine rings is 1. The Labute approximate surface area is 93.2 Å². The van der Waals surface area contributed by atoms with Crippen molar-refractivity contribution in [3.05, 3.63) is 0 Å². The van der Waals surface area contributed by atoms with Gasteiger partial charge in [0.25, 0.3) is 0 Å². The van der Waals surface area contributed by atoms with Gasteiger partial charge >= 0.3 is 0 Å². The first kappa shape index (κ1) is 11.4. The van der Waals surface area contributed by atoms with E-state index in [-0.39, 0.29) is 0 Å². The second-order valence-electron chi connectivity index (χ2n) is 5.51. The highest BCUT2D eigenvalue weighted by Gasteiger charge is 2.33. The molecule has 2 fully saturated rings. The molecule has 0 radical (unpaired) electrons. The molecule has 0 amide bonds. The Morgan fingerprint density at radius 1 is 1.47 bits per heavy atom. The Morgan fingerprint density at radius 2 is 2.27 bits per heavy atom. The van der Waals surface area contributed by atoms with Crippen molar-refractivity contribution in [2.45, 2.75) is 51.3 Å². The summed E-state index contributed by atoms with van der Waals surface area (Å²) in [6.07, 6.45) is 3.03. The van der Waals surface area contributed by atoms with E-state index in [1.807, 2.05) is 0 Å². The highest BCUT2D eigenvalue weighted by atomic mass is 16.5. The van der Waals surface area contributed by atoms with E-state index < -0.39 is 0 Å². The van der Waals surface area contributed by atoms with Crippen molar-refractivity contribution in [3.63, 3.8) is 0 Å². The number of rotatable bonds is 2. The zero-order valence-corrected chi connectivity index (χ0v) is 10.3. The van der Waals surface area contributed by atoms with Crippen LogP contribution >= 0.6 is 0 Å². The van der Waals surface area contributed by atoms with Gasteiger partial charge in [-0.05, 0) is 40.2 Å². The van der Waals surface area contributed by atoms with Crippen LogP contribution in [0.4, 0.5) is 0 Å². The molecule has 0 aromatic rings. The van der Waals surface area contributed by atoms with Gasteiger partial charge in [-0.3, -0.25) is 4.90 Å². The van der Waals surface area contributed by atoms with Crippen LogP contribution in [-0.4, -0.2) is 48.8 Å². The third-order valence-electron chi connectivity index (χ3n) is 3.75. The molecule has 3 atom stereocenters. The number of hydrogen-bond acceptors (Lipinski definition) is 3. The molecule has 1 N–H and O–H groups in total. The topological polar surface area (TPSA) is 24.5 Å². The molecule has 0 saturated carbocycles. The van der Waals surface area contributed by atoms with Gasteiger partial charge in [-0.2, -0.15) is 0 Å². The smallest absolute Gasteiger partial charge is 0.0674 e. The highest BCUT2D eigenvalue weighted by Crippen LogP contribution is 2.22. The third-order valence-corrected chi connectivity index (χ3v) is 3.75. The minimum absolute atomic E-state index is 0.339. The maximum absolute atomic E-state index is 5.66. The van der Waals surface area contributed by atoms with Crippen LogP contribution < -0.4 is 5.32 Å². The van der Waals surface area contributed by atoms with Gasteiger partial charge in [0.1, 0.15) is 0 Å². The van der Waals surface area contributed by atoms with E-state index in [4.69, 9.17) is 4.74 Å². The van der Waals surface area contributed by atoms with Gasteiger partial charge in [0.2, 0.25) is 0 Å². The molecule has 3 heteroatoms. The highest BCUT2D eigenvalue weighted by molar-refractivity contribution is 4.93. The quantitative estimate of drug-likeness (QED) is 0.745. The zero-order chi connectivity index (χ0) is 10.9. The number of nitrogens with one attached hydrogen (secondary N) is 1. The van der Waals surface area contributed by atoms with Crippen molar-refractivity contribution in [3.8, 4) is 0 Å². The lowest BCUT2D eigenvalue weighted by molar-refractivity contribution is -0.0562. The first-order chi connectivity index (χ1) is 7.09. The molecular weight excluding hydrogens is 188 g/mol. The predicted molar refractivity (Wildman–Crippen MR) is 62.1 cm³/mol. The van der Waals surface area contributed by atoms with Crippen LogP contribution in [0.3, 0.4) is 0 Å². The number of hydrogen-bond donors (Lipinski definition) is 1. The molecule has 3 unspecified atom stereocenters. The van der Waals surface area contributed by atoms with E-state index in [1.165, 1.54) is 25.9 Å². The molecule has 15 heavy (non-hydrogen) atoms. The summed E-state index contributed by atoms with van der Waals surface area (Å²) < 4.78 is 5.66. The number of nitrogens with zero attached hydrogens (tertiary/aromatic N) is 1. The Morgan fingerprint density at radius 3 is 2.93 bits per heavy atom. The maximum Gasteiger partial charge on any atom is 0.0674 e. The molecule has 88 valence electrons.